The molecule has 0 saturated heterocycles. The molecular weight excluding hydrogens is 314 g/mol. The maximum Gasteiger partial charge on any atom is 0.269 e. The van der Waals surface area contributed by atoms with Crippen LogP contribution in [0.5, 0.6) is 0 Å². The Morgan fingerprint density at radius 1 is 1.24 bits per heavy atom. The fourth-order valence-electron chi connectivity index (χ4n) is 3.49. The zero-order chi connectivity index (χ0) is 18.2. The van der Waals surface area contributed by atoms with Crippen molar-refractivity contribution in [3.05, 3.63) is 63.7 Å². The second kappa shape index (κ2) is 6.31. The highest BCUT2D eigenvalue weighted by molar-refractivity contribution is 5.83. The minimum Gasteiger partial charge on any atom is -0.369 e. The number of non-ortho nitro benzene ring substituents is 1. The highest BCUT2D eigenvalue weighted by Crippen LogP contribution is 2.42. The number of nitro benzene ring substituents is 1. The van der Waals surface area contributed by atoms with Crippen LogP contribution in [0.3, 0.4) is 0 Å². The number of nitro groups is 1. The van der Waals surface area contributed by atoms with Gasteiger partial charge in [-0.25, -0.2) is 0 Å². The summed E-state index contributed by atoms with van der Waals surface area (Å²) in [6.07, 6.45) is 2.92. The van der Waals surface area contributed by atoms with Gasteiger partial charge in [0.25, 0.3) is 5.69 Å². The van der Waals surface area contributed by atoms with E-state index in [2.05, 4.69) is 55.9 Å². The van der Waals surface area contributed by atoms with Gasteiger partial charge in [0.2, 0.25) is 0 Å². The second-order valence-corrected chi connectivity index (χ2v) is 7.33. The summed E-state index contributed by atoms with van der Waals surface area (Å²) in [7, 11) is 2.15. The van der Waals surface area contributed by atoms with Crippen LogP contribution in [0, 0.1) is 10.1 Å². The monoisotopic (exact) mass is 337 g/mol. The van der Waals surface area contributed by atoms with E-state index in [1.165, 1.54) is 23.4 Å². The summed E-state index contributed by atoms with van der Waals surface area (Å²) < 4.78 is 0. The van der Waals surface area contributed by atoms with Crippen LogP contribution in [-0.4, -0.2) is 23.7 Å². The molecule has 0 saturated carbocycles. The summed E-state index contributed by atoms with van der Waals surface area (Å²) in [6.45, 7) is 6.82. The lowest BCUT2D eigenvalue weighted by Gasteiger charge is -2.45. The first-order valence-corrected chi connectivity index (χ1v) is 8.44. The summed E-state index contributed by atoms with van der Waals surface area (Å²) >= 11 is 0. The molecule has 3 rings (SSSR count). The van der Waals surface area contributed by atoms with Gasteiger partial charge >= 0.3 is 0 Å². The Morgan fingerprint density at radius 2 is 1.92 bits per heavy atom. The van der Waals surface area contributed by atoms with Crippen molar-refractivity contribution in [3.63, 3.8) is 0 Å². The largest absolute Gasteiger partial charge is 0.369 e. The second-order valence-electron chi connectivity index (χ2n) is 7.33. The SMILES string of the molecule is CC1CC(C)(C)N(C)c2ccc(C=Nc3ccc([N+](=O)[O-])cc3)cc21. The van der Waals surface area contributed by atoms with Gasteiger partial charge in [-0.15, -0.1) is 0 Å². The van der Waals surface area contributed by atoms with Crippen LogP contribution in [-0.2, 0) is 0 Å². The highest BCUT2D eigenvalue weighted by Gasteiger charge is 2.33. The van der Waals surface area contributed by atoms with Crippen molar-refractivity contribution >= 4 is 23.3 Å². The fraction of sp³-hybridized carbons (Fsp3) is 0.350. The Balaban J connectivity index is 1.85. The van der Waals surface area contributed by atoms with Crippen molar-refractivity contribution in [2.75, 3.05) is 11.9 Å². The molecule has 5 nitrogen and oxygen atoms in total. The molecule has 0 N–H and O–H groups in total. The molecule has 1 atom stereocenters. The molecular formula is C20H23N3O2. The lowest BCUT2D eigenvalue weighted by Crippen LogP contribution is -2.45. The Bertz CT molecular complexity index is 825. The molecule has 1 unspecified atom stereocenters. The van der Waals surface area contributed by atoms with Crippen molar-refractivity contribution in [2.45, 2.75) is 38.6 Å². The normalized spacial score (nSPS) is 19.0. The Morgan fingerprint density at radius 3 is 2.56 bits per heavy atom. The molecule has 0 aliphatic carbocycles. The number of rotatable bonds is 3. The Hall–Kier alpha value is -2.69. The number of benzene rings is 2. The van der Waals surface area contributed by atoms with Crippen molar-refractivity contribution in [2.24, 2.45) is 4.99 Å². The lowest BCUT2D eigenvalue weighted by molar-refractivity contribution is -0.384. The fourth-order valence-corrected chi connectivity index (χ4v) is 3.49. The maximum absolute atomic E-state index is 10.7. The minimum absolute atomic E-state index is 0.0761. The predicted molar refractivity (Wildman–Crippen MR) is 102 cm³/mol. The average Bonchev–Trinajstić information content (AvgIpc) is 2.58. The summed E-state index contributed by atoms with van der Waals surface area (Å²) in [6, 6.07) is 12.7. The number of hydrogen-bond donors (Lipinski definition) is 0. The number of fused-ring (bicyclic) bond motifs is 1. The van der Waals surface area contributed by atoms with E-state index < -0.39 is 4.92 Å². The van der Waals surface area contributed by atoms with Gasteiger partial charge in [-0.3, -0.25) is 15.1 Å². The summed E-state index contributed by atoms with van der Waals surface area (Å²) in [5, 5.41) is 10.7. The lowest BCUT2D eigenvalue weighted by atomic mass is 9.80. The van der Waals surface area contributed by atoms with E-state index in [0.29, 0.717) is 11.6 Å². The molecule has 0 aromatic heterocycles. The molecule has 0 amide bonds. The highest BCUT2D eigenvalue weighted by atomic mass is 16.6. The van der Waals surface area contributed by atoms with Crippen molar-refractivity contribution in [1.29, 1.82) is 0 Å². The minimum atomic E-state index is -0.406. The van der Waals surface area contributed by atoms with E-state index in [4.69, 9.17) is 0 Å². The molecule has 25 heavy (non-hydrogen) atoms. The quantitative estimate of drug-likeness (QED) is 0.446. The van der Waals surface area contributed by atoms with Crippen molar-refractivity contribution in [3.8, 4) is 0 Å². The molecule has 0 bridgehead atoms. The Kier molecular flexibility index (Phi) is 4.33. The molecule has 1 heterocycles. The van der Waals surface area contributed by atoms with Gasteiger partial charge < -0.3 is 4.90 Å². The molecule has 2 aromatic rings. The van der Waals surface area contributed by atoms with Gasteiger partial charge in [0.05, 0.1) is 10.6 Å². The molecule has 2 aromatic carbocycles. The molecule has 0 fully saturated rings. The maximum atomic E-state index is 10.7. The summed E-state index contributed by atoms with van der Waals surface area (Å²) in [4.78, 5) is 17.1. The van der Waals surface area contributed by atoms with Gasteiger partial charge in [-0.1, -0.05) is 13.0 Å². The molecule has 0 spiro atoms. The average molecular weight is 337 g/mol. The molecule has 0 radical (unpaired) electrons. The summed E-state index contributed by atoms with van der Waals surface area (Å²) in [5.41, 5.74) is 4.59. The van der Waals surface area contributed by atoms with Gasteiger partial charge in [-0.05, 0) is 61.6 Å². The third kappa shape index (κ3) is 3.40. The molecule has 1 aliphatic heterocycles. The summed E-state index contributed by atoms with van der Waals surface area (Å²) in [5.74, 6) is 0.494. The van der Waals surface area contributed by atoms with Crippen LogP contribution >= 0.6 is 0 Å². The first kappa shape index (κ1) is 17.1. The third-order valence-corrected chi connectivity index (χ3v) is 5.08. The molecule has 130 valence electrons. The zero-order valence-electron chi connectivity index (χ0n) is 15.1. The van der Waals surface area contributed by atoms with E-state index >= 15 is 0 Å². The van der Waals surface area contributed by atoms with Gasteiger partial charge in [0, 0.05) is 36.6 Å². The zero-order valence-corrected chi connectivity index (χ0v) is 15.1. The number of hydrogen-bond acceptors (Lipinski definition) is 4. The number of nitrogens with zero attached hydrogens (tertiary/aromatic N) is 3. The van der Waals surface area contributed by atoms with Crippen LogP contribution in [0.4, 0.5) is 17.1 Å². The molecule has 1 aliphatic rings. The van der Waals surface area contributed by atoms with Gasteiger partial charge in [-0.2, -0.15) is 0 Å². The van der Waals surface area contributed by atoms with E-state index in [0.717, 1.165) is 12.0 Å². The van der Waals surface area contributed by atoms with Gasteiger partial charge in [0.1, 0.15) is 0 Å². The van der Waals surface area contributed by atoms with Gasteiger partial charge in [0.15, 0.2) is 0 Å². The topological polar surface area (TPSA) is 58.7 Å². The molecule has 5 heteroatoms. The van der Waals surface area contributed by atoms with Crippen molar-refractivity contribution < 1.29 is 4.92 Å². The van der Waals surface area contributed by atoms with Crippen LogP contribution in [0.15, 0.2) is 47.5 Å². The smallest absolute Gasteiger partial charge is 0.269 e. The van der Waals surface area contributed by atoms with Crippen molar-refractivity contribution in [1.82, 2.24) is 0 Å². The first-order chi connectivity index (χ1) is 11.8. The van der Waals surface area contributed by atoms with Crippen LogP contribution in [0.2, 0.25) is 0 Å². The Labute approximate surface area is 148 Å². The number of aliphatic imine (C=N–C) groups is 1. The van der Waals surface area contributed by atoms with Crippen LogP contribution in [0.25, 0.3) is 0 Å². The predicted octanol–water partition coefficient (Wildman–Crippen LogP) is 5.07. The first-order valence-electron chi connectivity index (χ1n) is 8.44. The third-order valence-electron chi connectivity index (χ3n) is 5.08. The van der Waals surface area contributed by atoms with E-state index in [-0.39, 0.29) is 11.2 Å². The van der Waals surface area contributed by atoms with Crippen LogP contribution in [0.1, 0.15) is 44.2 Å². The van der Waals surface area contributed by atoms with Crippen LogP contribution < -0.4 is 4.90 Å². The number of anilines is 1. The van der Waals surface area contributed by atoms with E-state index in [1.807, 2.05) is 6.21 Å². The standard InChI is InChI=1S/C20H23N3O2/c1-14-12-20(2,3)22(4)19-10-5-15(11-18(14)19)13-21-16-6-8-17(9-7-16)23(24)25/h5-11,13-14H,12H2,1-4H3. The van der Waals surface area contributed by atoms with E-state index in [1.54, 1.807) is 12.1 Å². The van der Waals surface area contributed by atoms with E-state index in [9.17, 15) is 10.1 Å².